The normalized spacial score (nSPS) is 15.2. The number of hydrogen-bond donors (Lipinski definition) is 2. The largest absolute Gasteiger partial charge is 0.444 e. The van der Waals surface area contributed by atoms with E-state index in [2.05, 4.69) is 34.9 Å². The summed E-state index contributed by atoms with van der Waals surface area (Å²) in [6, 6.07) is 18.3. The molecule has 0 saturated heterocycles. The molecule has 1 aliphatic rings. The van der Waals surface area contributed by atoms with Gasteiger partial charge in [-0.25, -0.2) is 4.79 Å². The molecule has 0 bridgehead atoms. The Kier molecular flexibility index (Phi) is 5.73. The van der Waals surface area contributed by atoms with Crippen molar-refractivity contribution in [2.75, 3.05) is 0 Å². The first kappa shape index (κ1) is 19.9. The SMILES string of the molecule is CC(C)(C)OC(=O)NC1(C(=O)NCc2ccc(-c3ccccc3)cc2)CCC1. The third-order valence-electron chi connectivity index (χ3n) is 4.90. The Balaban J connectivity index is 1.57. The second-order valence-electron chi connectivity index (χ2n) is 8.31. The van der Waals surface area contributed by atoms with Gasteiger partial charge in [0, 0.05) is 6.54 Å². The summed E-state index contributed by atoms with van der Waals surface area (Å²) in [6.45, 7) is 5.84. The zero-order valence-corrected chi connectivity index (χ0v) is 16.7. The second kappa shape index (κ2) is 8.05. The predicted molar refractivity (Wildman–Crippen MR) is 110 cm³/mol. The minimum atomic E-state index is -0.855. The van der Waals surface area contributed by atoms with Crippen molar-refractivity contribution < 1.29 is 14.3 Å². The number of alkyl carbamates (subject to hydrolysis) is 1. The van der Waals surface area contributed by atoms with Crippen molar-refractivity contribution in [2.24, 2.45) is 0 Å². The van der Waals surface area contributed by atoms with Crippen molar-refractivity contribution >= 4 is 12.0 Å². The Labute approximate surface area is 166 Å². The monoisotopic (exact) mass is 380 g/mol. The molecule has 0 aliphatic heterocycles. The van der Waals surface area contributed by atoms with Crippen molar-refractivity contribution in [3.63, 3.8) is 0 Å². The van der Waals surface area contributed by atoms with Gasteiger partial charge in [0.05, 0.1) is 0 Å². The van der Waals surface area contributed by atoms with Crippen LogP contribution in [0.25, 0.3) is 11.1 Å². The van der Waals surface area contributed by atoms with Crippen LogP contribution >= 0.6 is 0 Å². The first-order valence-corrected chi connectivity index (χ1v) is 9.71. The molecular formula is C23H28N2O3. The van der Waals surface area contributed by atoms with E-state index in [4.69, 9.17) is 4.74 Å². The van der Waals surface area contributed by atoms with Gasteiger partial charge in [-0.05, 0) is 56.7 Å². The van der Waals surface area contributed by atoms with Crippen molar-refractivity contribution in [2.45, 2.75) is 57.7 Å². The lowest BCUT2D eigenvalue weighted by Crippen LogP contribution is -2.63. The van der Waals surface area contributed by atoms with Crippen molar-refractivity contribution in [3.8, 4) is 11.1 Å². The van der Waals surface area contributed by atoms with Crippen molar-refractivity contribution in [1.29, 1.82) is 0 Å². The highest BCUT2D eigenvalue weighted by molar-refractivity contribution is 5.91. The average Bonchev–Trinajstić information content (AvgIpc) is 2.62. The van der Waals surface area contributed by atoms with Gasteiger partial charge < -0.3 is 15.4 Å². The summed E-state index contributed by atoms with van der Waals surface area (Å²) in [5.41, 5.74) is 1.86. The Morgan fingerprint density at radius 3 is 2.11 bits per heavy atom. The molecule has 2 aromatic rings. The van der Waals surface area contributed by atoms with E-state index in [-0.39, 0.29) is 5.91 Å². The van der Waals surface area contributed by atoms with Gasteiger partial charge in [-0.1, -0.05) is 54.6 Å². The highest BCUT2D eigenvalue weighted by Gasteiger charge is 2.46. The molecule has 5 heteroatoms. The van der Waals surface area contributed by atoms with Gasteiger partial charge in [0.1, 0.15) is 11.1 Å². The van der Waals surface area contributed by atoms with Gasteiger partial charge in [0.15, 0.2) is 0 Å². The Bertz CT molecular complexity index is 819. The molecule has 0 aromatic heterocycles. The van der Waals surface area contributed by atoms with Crippen molar-refractivity contribution in [3.05, 3.63) is 60.2 Å². The Hall–Kier alpha value is -2.82. The Morgan fingerprint density at radius 2 is 1.57 bits per heavy atom. The standard InChI is InChI=1S/C23H28N2O3/c1-22(2,3)28-21(27)25-23(14-7-15-23)20(26)24-16-17-10-12-19(13-11-17)18-8-5-4-6-9-18/h4-6,8-13H,7,14-16H2,1-3H3,(H,24,26)(H,25,27). The summed E-state index contributed by atoms with van der Waals surface area (Å²) < 4.78 is 5.31. The molecule has 5 nitrogen and oxygen atoms in total. The molecule has 2 amide bonds. The molecule has 148 valence electrons. The lowest BCUT2D eigenvalue weighted by Gasteiger charge is -2.40. The molecule has 1 saturated carbocycles. The quantitative estimate of drug-likeness (QED) is 0.807. The van der Waals surface area contributed by atoms with E-state index in [1.807, 2.05) is 30.3 Å². The zero-order valence-electron chi connectivity index (χ0n) is 16.7. The van der Waals surface area contributed by atoms with Gasteiger partial charge in [-0.2, -0.15) is 0 Å². The number of rotatable bonds is 5. The van der Waals surface area contributed by atoms with E-state index >= 15 is 0 Å². The highest BCUT2D eigenvalue weighted by atomic mass is 16.6. The van der Waals surface area contributed by atoms with Crippen LogP contribution in [0.3, 0.4) is 0 Å². The van der Waals surface area contributed by atoms with Crippen LogP contribution in [0.1, 0.15) is 45.6 Å². The number of carbonyl (C=O) groups excluding carboxylic acids is 2. The topological polar surface area (TPSA) is 67.4 Å². The smallest absolute Gasteiger partial charge is 0.408 e. The molecular weight excluding hydrogens is 352 g/mol. The van der Waals surface area contributed by atoms with Crippen LogP contribution < -0.4 is 10.6 Å². The minimum Gasteiger partial charge on any atom is -0.444 e. The summed E-state index contributed by atoms with van der Waals surface area (Å²) in [4.78, 5) is 24.8. The molecule has 0 spiro atoms. The molecule has 28 heavy (non-hydrogen) atoms. The maximum Gasteiger partial charge on any atom is 0.408 e. The third-order valence-corrected chi connectivity index (χ3v) is 4.90. The maximum absolute atomic E-state index is 12.7. The van der Waals surface area contributed by atoms with Crippen molar-refractivity contribution in [1.82, 2.24) is 10.6 Å². The van der Waals surface area contributed by atoms with Crippen LogP contribution in [-0.4, -0.2) is 23.1 Å². The third kappa shape index (κ3) is 4.91. The first-order valence-electron chi connectivity index (χ1n) is 9.71. The molecule has 0 atom stereocenters. The van der Waals surface area contributed by atoms with Crippen LogP contribution in [-0.2, 0) is 16.1 Å². The van der Waals surface area contributed by atoms with E-state index in [0.29, 0.717) is 19.4 Å². The van der Waals surface area contributed by atoms with Gasteiger partial charge in [0.2, 0.25) is 5.91 Å². The van der Waals surface area contributed by atoms with E-state index in [1.54, 1.807) is 20.8 Å². The number of carbonyl (C=O) groups is 2. The minimum absolute atomic E-state index is 0.156. The summed E-state index contributed by atoms with van der Waals surface area (Å²) in [6.07, 6.45) is 1.62. The second-order valence-corrected chi connectivity index (χ2v) is 8.31. The summed E-state index contributed by atoms with van der Waals surface area (Å²) in [7, 11) is 0. The first-order chi connectivity index (χ1) is 13.3. The lowest BCUT2D eigenvalue weighted by molar-refractivity contribution is -0.131. The highest BCUT2D eigenvalue weighted by Crippen LogP contribution is 2.32. The maximum atomic E-state index is 12.7. The fourth-order valence-electron chi connectivity index (χ4n) is 3.24. The number of ether oxygens (including phenoxy) is 1. The molecule has 0 radical (unpaired) electrons. The van der Waals surface area contributed by atoms with E-state index in [9.17, 15) is 9.59 Å². The van der Waals surface area contributed by atoms with Crippen LogP contribution in [0.2, 0.25) is 0 Å². The molecule has 2 aromatic carbocycles. The molecule has 0 unspecified atom stereocenters. The zero-order chi connectivity index (χ0) is 20.2. The van der Waals surface area contributed by atoms with E-state index in [1.165, 1.54) is 0 Å². The lowest BCUT2D eigenvalue weighted by atomic mass is 9.76. The Morgan fingerprint density at radius 1 is 0.964 bits per heavy atom. The number of amides is 2. The fourth-order valence-corrected chi connectivity index (χ4v) is 3.24. The summed E-state index contributed by atoms with van der Waals surface area (Å²) in [5, 5.41) is 5.74. The van der Waals surface area contributed by atoms with Gasteiger partial charge in [-0.15, -0.1) is 0 Å². The fraction of sp³-hybridized carbons (Fsp3) is 0.391. The molecule has 3 rings (SSSR count). The number of nitrogens with one attached hydrogen (secondary N) is 2. The molecule has 1 fully saturated rings. The van der Waals surface area contributed by atoms with Gasteiger partial charge >= 0.3 is 6.09 Å². The molecule has 0 heterocycles. The van der Waals surface area contributed by atoms with E-state index < -0.39 is 17.2 Å². The number of hydrogen-bond acceptors (Lipinski definition) is 3. The van der Waals surface area contributed by atoms with Gasteiger partial charge in [0.25, 0.3) is 0 Å². The van der Waals surface area contributed by atoms with Crippen LogP contribution in [0.5, 0.6) is 0 Å². The summed E-state index contributed by atoms with van der Waals surface area (Å²) in [5.74, 6) is -0.156. The van der Waals surface area contributed by atoms with E-state index in [0.717, 1.165) is 23.1 Å². The van der Waals surface area contributed by atoms with Crippen LogP contribution in [0.15, 0.2) is 54.6 Å². The molecule has 2 N–H and O–H groups in total. The predicted octanol–water partition coefficient (Wildman–Crippen LogP) is 4.42. The van der Waals surface area contributed by atoms with Crippen LogP contribution in [0.4, 0.5) is 4.79 Å². The molecule has 1 aliphatic carbocycles. The van der Waals surface area contributed by atoms with Gasteiger partial charge in [-0.3, -0.25) is 4.79 Å². The summed E-state index contributed by atoms with van der Waals surface area (Å²) >= 11 is 0. The average molecular weight is 380 g/mol. The van der Waals surface area contributed by atoms with Crippen LogP contribution in [0, 0.1) is 0 Å². The number of benzene rings is 2.